The quantitative estimate of drug-likeness (QED) is 0.894. The van der Waals surface area contributed by atoms with Gasteiger partial charge in [0.2, 0.25) is 0 Å². The van der Waals surface area contributed by atoms with Crippen LogP contribution in [0.1, 0.15) is 24.5 Å². The van der Waals surface area contributed by atoms with Crippen molar-refractivity contribution in [3.8, 4) is 0 Å². The first-order valence-electron chi connectivity index (χ1n) is 7.15. The Morgan fingerprint density at radius 1 is 1.23 bits per heavy atom. The summed E-state index contributed by atoms with van der Waals surface area (Å²) in [7, 11) is 0. The molecule has 1 aromatic carbocycles. The maximum Gasteiger partial charge on any atom is 0.264 e. The Labute approximate surface area is 141 Å². The normalized spacial score (nSPS) is 16.9. The van der Waals surface area contributed by atoms with Crippen molar-refractivity contribution in [3.05, 3.63) is 39.9 Å². The second kappa shape index (κ2) is 6.75. The van der Waals surface area contributed by atoms with Crippen LogP contribution < -0.4 is 5.32 Å². The number of rotatable bonds is 2. The minimum atomic E-state index is -0.0420. The number of benzene rings is 1. The summed E-state index contributed by atoms with van der Waals surface area (Å²) < 4.78 is 0. The lowest BCUT2D eigenvalue weighted by atomic mass is 10.1. The van der Waals surface area contributed by atoms with E-state index in [1.54, 1.807) is 0 Å². The largest absolute Gasteiger partial charge is 0.324 e. The van der Waals surface area contributed by atoms with Gasteiger partial charge in [0.15, 0.2) is 5.17 Å². The highest BCUT2D eigenvalue weighted by atomic mass is 35.5. The third-order valence-corrected chi connectivity index (χ3v) is 4.85. The molecule has 0 aliphatic carbocycles. The molecule has 118 valence electrons. The molecule has 0 radical (unpaired) electrons. The van der Waals surface area contributed by atoms with E-state index >= 15 is 0 Å². The molecular weight excluding hydrogens is 318 g/mol. The Bertz CT molecular complexity index is 649. The maximum absolute atomic E-state index is 12.5. The van der Waals surface area contributed by atoms with Crippen molar-refractivity contribution >= 4 is 40.9 Å². The van der Waals surface area contributed by atoms with Crippen molar-refractivity contribution in [2.75, 3.05) is 18.4 Å². The highest BCUT2D eigenvalue weighted by Gasteiger charge is 2.31. The number of thioether (sulfide) groups is 1. The SMILES string of the molecule is CC1=C(C(=O)Nc2cc(C)cc(C)c2)SC2=NCCCN21.Cl. The lowest BCUT2D eigenvalue weighted by molar-refractivity contribution is -0.112. The van der Waals surface area contributed by atoms with Gasteiger partial charge in [0, 0.05) is 24.5 Å². The number of halogens is 1. The number of nitrogens with zero attached hydrogens (tertiary/aromatic N) is 2. The molecule has 0 saturated carbocycles. The van der Waals surface area contributed by atoms with E-state index in [0.717, 1.165) is 52.1 Å². The van der Waals surface area contributed by atoms with Crippen LogP contribution >= 0.6 is 24.2 Å². The molecule has 22 heavy (non-hydrogen) atoms. The molecule has 1 N–H and O–H groups in total. The van der Waals surface area contributed by atoms with Crippen molar-refractivity contribution in [1.29, 1.82) is 0 Å². The fourth-order valence-corrected chi connectivity index (χ4v) is 3.79. The molecule has 2 heterocycles. The number of carbonyl (C=O) groups excluding carboxylic acids is 1. The van der Waals surface area contributed by atoms with Gasteiger partial charge in [-0.3, -0.25) is 9.79 Å². The van der Waals surface area contributed by atoms with E-state index in [1.165, 1.54) is 11.8 Å². The van der Waals surface area contributed by atoms with Crippen LogP contribution in [0.25, 0.3) is 0 Å². The summed E-state index contributed by atoms with van der Waals surface area (Å²) >= 11 is 1.48. The Balaban J connectivity index is 0.00000176. The number of carbonyl (C=O) groups is 1. The van der Waals surface area contributed by atoms with Crippen LogP contribution in [-0.2, 0) is 4.79 Å². The zero-order valence-electron chi connectivity index (χ0n) is 13.0. The smallest absolute Gasteiger partial charge is 0.264 e. The Kier molecular flexibility index (Phi) is 5.19. The molecular formula is C16H20ClN3OS. The number of hydrogen-bond acceptors (Lipinski definition) is 4. The molecule has 0 bridgehead atoms. The summed E-state index contributed by atoms with van der Waals surface area (Å²) in [4.78, 5) is 19.9. The number of allylic oxidation sites excluding steroid dienone is 1. The average molecular weight is 338 g/mol. The molecule has 1 aromatic rings. The van der Waals surface area contributed by atoms with Crippen LogP contribution in [0.15, 0.2) is 33.8 Å². The fraction of sp³-hybridized carbons (Fsp3) is 0.375. The summed E-state index contributed by atoms with van der Waals surface area (Å²) in [5.41, 5.74) is 4.17. The van der Waals surface area contributed by atoms with Crippen LogP contribution in [0.5, 0.6) is 0 Å². The molecule has 0 aromatic heterocycles. The van der Waals surface area contributed by atoms with Crippen LogP contribution in [0, 0.1) is 13.8 Å². The number of aryl methyl sites for hydroxylation is 2. The monoisotopic (exact) mass is 337 g/mol. The van der Waals surface area contributed by atoms with Crippen LogP contribution in [0.3, 0.4) is 0 Å². The Hall–Kier alpha value is -1.46. The van der Waals surface area contributed by atoms with Gasteiger partial charge in [-0.05, 0) is 62.2 Å². The Morgan fingerprint density at radius 2 is 1.91 bits per heavy atom. The maximum atomic E-state index is 12.5. The van der Waals surface area contributed by atoms with Gasteiger partial charge in [-0.25, -0.2) is 0 Å². The lowest BCUT2D eigenvalue weighted by Crippen LogP contribution is -2.28. The van der Waals surface area contributed by atoms with Crippen LogP contribution in [0.4, 0.5) is 5.69 Å². The number of aliphatic imine (C=N–C) groups is 1. The minimum absolute atomic E-state index is 0. The second-order valence-electron chi connectivity index (χ2n) is 5.52. The van der Waals surface area contributed by atoms with E-state index < -0.39 is 0 Å². The summed E-state index contributed by atoms with van der Waals surface area (Å²) in [5, 5.41) is 3.97. The number of hydrogen-bond donors (Lipinski definition) is 1. The average Bonchev–Trinajstić information content (AvgIpc) is 2.76. The van der Waals surface area contributed by atoms with E-state index in [0.29, 0.717) is 0 Å². The molecule has 0 unspecified atom stereocenters. The molecule has 3 rings (SSSR count). The molecule has 2 aliphatic rings. The van der Waals surface area contributed by atoms with Crippen LogP contribution in [-0.4, -0.2) is 29.1 Å². The Morgan fingerprint density at radius 3 is 2.55 bits per heavy atom. The predicted molar refractivity (Wildman–Crippen MR) is 95.7 cm³/mol. The topological polar surface area (TPSA) is 44.7 Å². The van der Waals surface area contributed by atoms with E-state index in [1.807, 2.05) is 32.9 Å². The lowest BCUT2D eigenvalue weighted by Gasteiger charge is -2.23. The van der Waals surface area contributed by atoms with Crippen molar-refractivity contribution < 1.29 is 4.79 Å². The van der Waals surface area contributed by atoms with Crippen molar-refractivity contribution in [3.63, 3.8) is 0 Å². The third-order valence-electron chi connectivity index (χ3n) is 3.63. The van der Waals surface area contributed by atoms with Gasteiger partial charge in [0.1, 0.15) is 0 Å². The number of amidine groups is 1. The number of fused-ring (bicyclic) bond motifs is 1. The van der Waals surface area contributed by atoms with Crippen molar-refractivity contribution in [2.45, 2.75) is 27.2 Å². The number of amides is 1. The number of nitrogens with one attached hydrogen (secondary N) is 1. The first-order valence-corrected chi connectivity index (χ1v) is 7.96. The van der Waals surface area contributed by atoms with Gasteiger partial charge >= 0.3 is 0 Å². The zero-order chi connectivity index (χ0) is 15.0. The summed E-state index contributed by atoms with van der Waals surface area (Å²) in [6, 6.07) is 6.08. The predicted octanol–water partition coefficient (Wildman–Crippen LogP) is 3.70. The van der Waals surface area contributed by atoms with Crippen molar-refractivity contribution in [2.24, 2.45) is 4.99 Å². The zero-order valence-corrected chi connectivity index (χ0v) is 14.6. The number of anilines is 1. The van der Waals surface area contributed by atoms with E-state index in [9.17, 15) is 4.79 Å². The van der Waals surface area contributed by atoms with Gasteiger partial charge in [0.05, 0.1) is 4.91 Å². The first-order chi connectivity index (χ1) is 10.0. The van der Waals surface area contributed by atoms with E-state index in [-0.39, 0.29) is 18.3 Å². The molecule has 0 spiro atoms. The minimum Gasteiger partial charge on any atom is -0.324 e. The second-order valence-corrected chi connectivity index (χ2v) is 6.49. The highest BCUT2D eigenvalue weighted by Crippen LogP contribution is 2.36. The summed E-state index contributed by atoms with van der Waals surface area (Å²) in [5.74, 6) is -0.0420. The molecule has 2 aliphatic heterocycles. The summed E-state index contributed by atoms with van der Waals surface area (Å²) in [6.45, 7) is 7.88. The standard InChI is InChI=1S/C16H19N3OS.ClH/c1-10-7-11(2)9-13(8-10)18-15(20)14-12(3)19-6-4-5-17-16(19)21-14;/h7-9H,4-6H2,1-3H3,(H,18,20);1H. The molecule has 6 heteroatoms. The van der Waals surface area contributed by atoms with E-state index in [2.05, 4.69) is 21.3 Å². The molecule has 1 amide bonds. The fourth-order valence-electron chi connectivity index (χ4n) is 2.72. The first kappa shape index (κ1) is 16.9. The molecule has 4 nitrogen and oxygen atoms in total. The van der Waals surface area contributed by atoms with Gasteiger partial charge in [-0.1, -0.05) is 6.07 Å². The highest BCUT2D eigenvalue weighted by molar-refractivity contribution is 8.18. The van der Waals surface area contributed by atoms with E-state index in [4.69, 9.17) is 0 Å². The molecule has 0 fully saturated rings. The van der Waals surface area contributed by atoms with Gasteiger partial charge in [-0.2, -0.15) is 0 Å². The van der Waals surface area contributed by atoms with Gasteiger partial charge in [-0.15, -0.1) is 12.4 Å². The van der Waals surface area contributed by atoms with Crippen LogP contribution in [0.2, 0.25) is 0 Å². The third kappa shape index (κ3) is 3.31. The van der Waals surface area contributed by atoms with Crippen molar-refractivity contribution in [1.82, 2.24) is 4.90 Å². The van der Waals surface area contributed by atoms with Gasteiger partial charge < -0.3 is 10.2 Å². The summed E-state index contributed by atoms with van der Waals surface area (Å²) in [6.07, 6.45) is 1.05. The molecule has 0 saturated heterocycles. The van der Waals surface area contributed by atoms with Gasteiger partial charge in [0.25, 0.3) is 5.91 Å². The molecule has 0 atom stereocenters.